The van der Waals surface area contributed by atoms with Crippen molar-refractivity contribution in [1.82, 2.24) is 9.88 Å². The summed E-state index contributed by atoms with van der Waals surface area (Å²) >= 11 is 6.03. The molecule has 1 aromatic carbocycles. The van der Waals surface area contributed by atoms with Crippen molar-refractivity contribution in [3.63, 3.8) is 0 Å². The zero-order valence-corrected chi connectivity index (χ0v) is 17.2. The number of pyridine rings is 1. The van der Waals surface area contributed by atoms with Crippen LogP contribution >= 0.6 is 11.6 Å². The van der Waals surface area contributed by atoms with Gasteiger partial charge in [-0.3, -0.25) is 14.6 Å². The van der Waals surface area contributed by atoms with Crippen LogP contribution in [0, 0.1) is 0 Å². The molecule has 2 atom stereocenters. The standard InChI is InChI=1S/C23H19ClN2O5/c24-15-5-6-17-14(9-15)10-18(31-17)21(27)19-20(13-3-1-7-25-11-13)26(23(29)22(19)28)12-16-4-2-8-30-16/h1,3,5-7,9-11,16,20,28H,2,4,8,12H2. The number of hydrogen-bond acceptors (Lipinski definition) is 6. The zero-order valence-electron chi connectivity index (χ0n) is 16.5. The van der Waals surface area contributed by atoms with Crippen molar-refractivity contribution in [2.45, 2.75) is 25.0 Å². The Bertz CT molecular complexity index is 1200. The van der Waals surface area contributed by atoms with Gasteiger partial charge in [0.25, 0.3) is 5.91 Å². The second-order valence-corrected chi connectivity index (χ2v) is 8.10. The first-order valence-corrected chi connectivity index (χ1v) is 10.4. The van der Waals surface area contributed by atoms with Crippen molar-refractivity contribution < 1.29 is 23.8 Å². The minimum absolute atomic E-state index is 0.0267. The van der Waals surface area contributed by atoms with Crippen LogP contribution in [0.2, 0.25) is 5.02 Å². The number of hydrogen-bond donors (Lipinski definition) is 1. The summed E-state index contributed by atoms with van der Waals surface area (Å²) in [6.45, 7) is 0.909. The lowest BCUT2D eigenvalue weighted by Gasteiger charge is -2.28. The highest BCUT2D eigenvalue weighted by Crippen LogP contribution is 2.40. The molecule has 8 heteroatoms. The van der Waals surface area contributed by atoms with Gasteiger partial charge in [-0.1, -0.05) is 17.7 Å². The molecular weight excluding hydrogens is 420 g/mol. The average Bonchev–Trinajstić information content (AvgIpc) is 3.49. The summed E-state index contributed by atoms with van der Waals surface area (Å²) in [6.07, 6.45) is 4.79. The summed E-state index contributed by atoms with van der Waals surface area (Å²) in [6, 6.07) is 9.31. The smallest absolute Gasteiger partial charge is 0.290 e. The topological polar surface area (TPSA) is 92.9 Å². The SMILES string of the molecule is O=C(C1=C(O)C(=O)N(CC2CCCO2)C1c1cccnc1)c1cc2cc(Cl)ccc2o1. The van der Waals surface area contributed by atoms with Crippen molar-refractivity contribution in [2.75, 3.05) is 13.2 Å². The van der Waals surface area contributed by atoms with Crippen LogP contribution in [0.1, 0.15) is 35.0 Å². The number of benzene rings is 1. The van der Waals surface area contributed by atoms with Crippen LogP contribution in [0.15, 0.2) is 64.5 Å². The predicted molar refractivity (Wildman–Crippen MR) is 113 cm³/mol. The number of ether oxygens (including phenoxy) is 1. The van der Waals surface area contributed by atoms with Gasteiger partial charge in [0.05, 0.1) is 17.7 Å². The Morgan fingerprint density at radius 1 is 1.29 bits per heavy atom. The normalized spacial score (nSPS) is 21.5. The maximum Gasteiger partial charge on any atom is 0.290 e. The molecule has 7 nitrogen and oxygen atoms in total. The number of aliphatic hydroxyl groups is 1. The monoisotopic (exact) mass is 438 g/mol. The van der Waals surface area contributed by atoms with E-state index in [1.807, 2.05) is 0 Å². The summed E-state index contributed by atoms with van der Waals surface area (Å²) < 4.78 is 11.4. The Kier molecular flexibility index (Phi) is 5.00. The molecule has 2 aromatic heterocycles. The van der Waals surface area contributed by atoms with Crippen LogP contribution in [0.5, 0.6) is 0 Å². The van der Waals surface area contributed by atoms with Gasteiger partial charge in [0, 0.05) is 36.0 Å². The number of rotatable bonds is 5. The number of nitrogens with zero attached hydrogens (tertiary/aromatic N) is 2. The highest BCUT2D eigenvalue weighted by molar-refractivity contribution is 6.31. The van der Waals surface area contributed by atoms with Gasteiger partial charge < -0.3 is 19.2 Å². The van der Waals surface area contributed by atoms with E-state index < -0.39 is 23.5 Å². The second kappa shape index (κ2) is 7.83. The van der Waals surface area contributed by atoms with E-state index in [-0.39, 0.29) is 24.0 Å². The lowest BCUT2D eigenvalue weighted by molar-refractivity contribution is -0.131. The van der Waals surface area contributed by atoms with Gasteiger partial charge in [-0.15, -0.1) is 0 Å². The van der Waals surface area contributed by atoms with Crippen molar-refractivity contribution >= 4 is 34.3 Å². The van der Waals surface area contributed by atoms with E-state index in [1.165, 1.54) is 4.90 Å². The van der Waals surface area contributed by atoms with Crippen LogP contribution in [0.3, 0.4) is 0 Å². The summed E-state index contributed by atoms with van der Waals surface area (Å²) in [5, 5.41) is 11.9. The van der Waals surface area contributed by atoms with Gasteiger partial charge in [0.2, 0.25) is 5.78 Å². The van der Waals surface area contributed by atoms with Crippen LogP contribution in [-0.2, 0) is 9.53 Å². The maximum atomic E-state index is 13.4. The number of aromatic nitrogens is 1. The number of halogens is 1. The molecule has 0 spiro atoms. The molecule has 4 heterocycles. The van der Waals surface area contributed by atoms with Crippen LogP contribution in [0.25, 0.3) is 11.0 Å². The Morgan fingerprint density at radius 3 is 2.90 bits per heavy atom. The van der Waals surface area contributed by atoms with E-state index >= 15 is 0 Å². The van der Waals surface area contributed by atoms with Crippen LogP contribution < -0.4 is 0 Å². The summed E-state index contributed by atoms with van der Waals surface area (Å²) in [7, 11) is 0. The van der Waals surface area contributed by atoms with Crippen LogP contribution in [-0.4, -0.2) is 45.9 Å². The second-order valence-electron chi connectivity index (χ2n) is 7.67. The van der Waals surface area contributed by atoms with E-state index in [4.69, 9.17) is 20.8 Å². The number of ketones is 1. The number of fused-ring (bicyclic) bond motifs is 1. The molecule has 0 saturated carbocycles. The molecule has 2 aliphatic rings. The molecule has 2 unspecified atom stereocenters. The zero-order chi connectivity index (χ0) is 21.5. The third-order valence-corrected chi connectivity index (χ3v) is 5.91. The number of aliphatic hydroxyl groups excluding tert-OH is 1. The first-order chi connectivity index (χ1) is 15.0. The third-order valence-electron chi connectivity index (χ3n) is 5.67. The van der Waals surface area contributed by atoms with Gasteiger partial charge in [0.15, 0.2) is 11.5 Å². The molecule has 1 amide bonds. The Labute approximate surface area is 182 Å². The largest absolute Gasteiger partial charge is 0.503 e. The van der Waals surface area contributed by atoms with E-state index in [1.54, 1.807) is 48.8 Å². The highest BCUT2D eigenvalue weighted by Gasteiger charge is 2.45. The predicted octanol–water partition coefficient (Wildman–Crippen LogP) is 4.24. The molecular formula is C23H19ClN2O5. The van der Waals surface area contributed by atoms with Crippen molar-refractivity contribution in [2.24, 2.45) is 0 Å². The number of carbonyl (C=O) groups excluding carboxylic acids is 2. The maximum absolute atomic E-state index is 13.4. The summed E-state index contributed by atoms with van der Waals surface area (Å²) in [4.78, 5) is 32.0. The van der Waals surface area contributed by atoms with E-state index in [0.717, 1.165) is 12.8 Å². The average molecular weight is 439 g/mol. The van der Waals surface area contributed by atoms with Gasteiger partial charge >= 0.3 is 0 Å². The molecule has 0 aliphatic carbocycles. The minimum Gasteiger partial charge on any atom is -0.503 e. The lowest BCUT2D eigenvalue weighted by atomic mass is 9.96. The molecule has 5 rings (SSSR count). The van der Waals surface area contributed by atoms with E-state index in [2.05, 4.69) is 4.98 Å². The third kappa shape index (κ3) is 3.49. The van der Waals surface area contributed by atoms with Crippen molar-refractivity contribution in [1.29, 1.82) is 0 Å². The van der Waals surface area contributed by atoms with Gasteiger partial charge in [-0.05, 0) is 48.7 Å². The van der Waals surface area contributed by atoms with Gasteiger partial charge in [0.1, 0.15) is 5.58 Å². The molecule has 3 aromatic rings. The Balaban J connectivity index is 1.56. The van der Waals surface area contributed by atoms with Crippen molar-refractivity contribution in [3.8, 4) is 0 Å². The van der Waals surface area contributed by atoms with E-state index in [0.29, 0.717) is 28.2 Å². The molecule has 0 radical (unpaired) electrons. The molecule has 1 saturated heterocycles. The molecule has 2 aliphatic heterocycles. The molecule has 1 fully saturated rings. The van der Waals surface area contributed by atoms with Crippen molar-refractivity contribution in [3.05, 3.63) is 76.5 Å². The summed E-state index contributed by atoms with van der Waals surface area (Å²) in [5.74, 6) is -1.71. The minimum atomic E-state index is -0.783. The first-order valence-electron chi connectivity index (χ1n) is 10.0. The summed E-state index contributed by atoms with van der Waals surface area (Å²) in [5.41, 5.74) is 1.09. The molecule has 158 valence electrons. The molecule has 0 bridgehead atoms. The highest BCUT2D eigenvalue weighted by atomic mass is 35.5. The number of carbonyl (C=O) groups is 2. The fourth-order valence-corrected chi connectivity index (χ4v) is 4.41. The van der Waals surface area contributed by atoms with Gasteiger partial charge in [-0.2, -0.15) is 0 Å². The van der Waals surface area contributed by atoms with E-state index in [9.17, 15) is 14.7 Å². The Hall–Kier alpha value is -3.16. The van der Waals surface area contributed by atoms with Gasteiger partial charge in [-0.25, -0.2) is 0 Å². The number of amides is 1. The Morgan fingerprint density at radius 2 is 2.16 bits per heavy atom. The van der Waals surface area contributed by atoms with Crippen LogP contribution in [0.4, 0.5) is 0 Å². The fraction of sp³-hybridized carbons (Fsp3) is 0.261. The molecule has 31 heavy (non-hydrogen) atoms. The quantitative estimate of drug-likeness (QED) is 0.599. The number of Topliss-reactive ketones (excluding diaryl/α,β-unsaturated/α-hetero) is 1. The lowest BCUT2D eigenvalue weighted by Crippen LogP contribution is -2.37. The fourth-order valence-electron chi connectivity index (χ4n) is 4.22. The number of furan rings is 1. The first kappa shape index (κ1) is 19.8. The molecule has 1 N–H and O–H groups in total.